The number of rotatable bonds is 6. The summed E-state index contributed by atoms with van der Waals surface area (Å²) in [5.74, 6) is 1.04. The summed E-state index contributed by atoms with van der Waals surface area (Å²) in [6, 6.07) is 0.208. The molecule has 0 aliphatic carbocycles. The number of hydrogen-bond donors (Lipinski definition) is 2. The highest BCUT2D eigenvalue weighted by Gasteiger charge is 2.18. The maximum Gasteiger partial charge on any atom is 0.147 e. The van der Waals surface area contributed by atoms with Gasteiger partial charge in [-0.3, -0.25) is 4.90 Å². The molecule has 6 heteroatoms. The average Bonchev–Trinajstić information content (AvgIpc) is 2.81. The fraction of sp³-hybridized carbons (Fsp3) is 0.818. The monoisotopic (exact) mass is 239 g/mol. The summed E-state index contributed by atoms with van der Waals surface area (Å²) in [5, 5.41) is 20.5. The van der Waals surface area contributed by atoms with Gasteiger partial charge in [0.1, 0.15) is 12.2 Å². The first kappa shape index (κ1) is 12.5. The summed E-state index contributed by atoms with van der Waals surface area (Å²) < 4.78 is 2.10. The van der Waals surface area contributed by atoms with Crippen molar-refractivity contribution in [2.45, 2.75) is 32.5 Å². The number of hydrogen-bond acceptors (Lipinski definition) is 5. The van der Waals surface area contributed by atoms with Crippen LogP contribution in [0.25, 0.3) is 0 Å². The molecule has 0 radical (unpaired) electrons. The van der Waals surface area contributed by atoms with Crippen LogP contribution < -0.4 is 5.32 Å². The summed E-state index contributed by atoms with van der Waals surface area (Å²) in [4.78, 5) is 2.37. The van der Waals surface area contributed by atoms with E-state index in [0.29, 0.717) is 0 Å². The van der Waals surface area contributed by atoms with Crippen molar-refractivity contribution in [3.63, 3.8) is 0 Å². The van der Waals surface area contributed by atoms with Crippen LogP contribution in [0.3, 0.4) is 0 Å². The standard InChI is InChI=1S/C11H21N5O/c1-2-12-10(8-17)3-4-15-5-6-16-9-13-14-11(16)7-15/h9-10,12,17H,2-8H2,1H3. The summed E-state index contributed by atoms with van der Waals surface area (Å²) in [5.41, 5.74) is 0. The lowest BCUT2D eigenvalue weighted by Gasteiger charge is -2.28. The number of nitrogens with zero attached hydrogens (tertiary/aromatic N) is 4. The van der Waals surface area contributed by atoms with Crippen LogP contribution in [-0.2, 0) is 13.1 Å². The molecule has 0 fully saturated rings. The smallest absolute Gasteiger partial charge is 0.147 e. The number of aliphatic hydroxyl groups excluding tert-OH is 1. The number of likely N-dealkylation sites (N-methyl/N-ethyl adjacent to an activating group) is 1. The zero-order chi connectivity index (χ0) is 12.1. The van der Waals surface area contributed by atoms with Crippen LogP contribution in [-0.4, -0.2) is 57.1 Å². The molecule has 2 rings (SSSR count). The summed E-state index contributed by atoms with van der Waals surface area (Å²) in [6.07, 6.45) is 2.76. The third-order valence-electron chi connectivity index (χ3n) is 3.22. The van der Waals surface area contributed by atoms with E-state index in [1.54, 1.807) is 6.33 Å². The predicted molar refractivity (Wildman–Crippen MR) is 64.5 cm³/mol. The summed E-state index contributed by atoms with van der Waals surface area (Å²) in [7, 11) is 0. The SMILES string of the molecule is CCNC(CO)CCN1CCn2cnnc2C1. The van der Waals surface area contributed by atoms with Crippen molar-refractivity contribution in [1.29, 1.82) is 0 Å². The largest absolute Gasteiger partial charge is 0.395 e. The predicted octanol–water partition coefficient (Wildman–Crippen LogP) is -0.546. The first-order valence-electron chi connectivity index (χ1n) is 6.26. The number of aromatic nitrogens is 3. The lowest BCUT2D eigenvalue weighted by Crippen LogP contribution is -2.39. The number of nitrogens with one attached hydrogen (secondary N) is 1. The molecule has 0 amide bonds. The fourth-order valence-electron chi connectivity index (χ4n) is 2.19. The molecule has 0 bridgehead atoms. The highest BCUT2D eigenvalue weighted by atomic mass is 16.3. The van der Waals surface area contributed by atoms with Gasteiger partial charge in [-0.15, -0.1) is 10.2 Å². The second-order valence-corrected chi connectivity index (χ2v) is 4.44. The minimum absolute atomic E-state index is 0.206. The molecule has 1 aliphatic heterocycles. The average molecular weight is 239 g/mol. The van der Waals surface area contributed by atoms with Crippen LogP contribution in [0.15, 0.2) is 6.33 Å². The van der Waals surface area contributed by atoms with Crippen LogP contribution in [0.4, 0.5) is 0 Å². The van der Waals surface area contributed by atoms with E-state index in [-0.39, 0.29) is 12.6 Å². The Balaban J connectivity index is 1.78. The van der Waals surface area contributed by atoms with Gasteiger partial charge in [0.05, 0.1) is 13.2 Å². The highest BCUT2D eigenvalue weighted by molar-refractivity contribution is 4.90. The molecule has 1 atom stereocenters. The third kappa shape index (κ3) is 3.24. The molecule has 6 nitrogen and oxygen atoms in total. The van der Waals surface area contributed by atoms with Crippen LogP contribution in [0.1, 0.15) is 19.2 Å². The van der Waals surface area contributed by atoms with Crippen molar-refractivity contribution in [3.05, 3.63) is 12.2 Å². The molecule has 96 valence electrons. The molecule has 17 heavy (non-hydrogen) atoms. The van der Waals surface area contributed by atoms with Crippen molar-refractivity contribution in [1.82, 2.24) is 25.0 Å². The maximum atomic E-state index is 9.20. The lowest BCUT2D eigenvalue weighted by atomic mass is 10.2. The quantitative estimate of drug-likeness (QED) is 0.697. The van der Waals surface area contributed by atoms with Gasteiger partial charge in [0.25, 0.3) is 0 Å². The summed E-state index contributed by atoms with van der Waals surface area (Å²) >= 11 is 0. The molecule has 1 aromatic rings. The highest BCUT2D eigenvalue weighted by Crippen LogP contribution is 2.09. The zero-order valence-electron chi connectivity index (χ0n) is 10.3. The first-order valence-corrected chi connectivity index (χ1v) is 6.26. The van der Waals surface area contributed by atoms with Gasteiger partial charge < -0.3 is 15.0 Å². The van der Waals surface area contributed by atoms with Crippen molar-refractivity contribution in [2.24, 2.45) is 0 Å². The van der Waals surface area contributed by atoms with Crippen molar-refractivity contribution in [3.8, 4) is 0 Å². The van der Waals surface area contributed by atoms with Crippen molar-refractivity contribution >= 4 is 0 Å². The minimum atomic E-state index is 0.206. The van der Waals surface area contributed by atoms with Crippen molar-refractivity contribution < 1.29 is 5.11 Å². The molecule has 1 aromatic heterocycles. The molecule has 2 N–H and O–H groups in total. The molecule has 1 unspecified atom stereocenters. The lowest BCUT2D eigenvalue weighted by molar-refractivity contribution is 0.182. The molecule has 0 saturated carbocycles. The zero-order valence-corrected chi connectivity index (χ0v) is 10.3. The van der Waals surface area contributed by atoms with Crippen LogP contribution in [0, 0.1) is 0 Å². The van der Waals surface area contributed by atoms with Gasteiger partial charge in [-0.2, -0.15) is 0 Å². The fourth-order valence-corrected chi connectivity index (χ4v) is 2.19. The van der Waals surface area contributed by atoms with E-state index < -0.39 is 0 Å². The van der Waals surface area contributed by atoms with Gasteiger partial charge in [-0.1, -0.05) is 6.92 Å². The second kappa shape index (κ2) is 6.09. The topological polar surface area (TPSA) is 66.2 Å². The molecule has 0 saturated heterocycles. The van der Waals surface area contributed by atoms with Gasteiger partial charge in [0.2, 0.25) is 0 Å². The maximum absolute atomic E-state index is 9.20. The molecular formula is C11H21N5O. The molecule has 0 spiro atoms. The van der Waals surface area contributed by atoms with E-state index in [4.69, 9.17) is 0 Å². The Labute approximate surface area is 102 Å². The van der Waals surface area contributed by atoms with E-state index in [1.807, 2.05) is 0 Å². The Hall–Kier alpha value is -0.980. The molecule has 2 heterocycles. The second-order valence-electron chi connectivity index (χ2n) is 4.44. The molecular weight excluding hydrogens is 218 g/mol. The summed E-state index contributed by atoms with van der Waals surface area (Å²) in [6.45, 7) is 7.03. The van der Waals surface area contributed by atoms with Gasteiger partial charge in [0, 0.05) is 25.7 Å². The van der Waals surface area contributed by atoms with Crippen molar-refractivity contribution in [2.75, 3.05) is 26.2 Å². The minimum Gasteiger partial charge on any atom is -0.395 e. The van der Waals surface area contributed by atoms with E-state index in [9.17, 15) is 5.11 Å². The Kier molecular flexibility index (Phi) is 4.47. The number of aliphatic hydroxyl groups is 1. The van der Waals surface area contributed by atoms with Crippen LogP contribution >= 0.6 is 0 Å². The van der Waals surface area contributed by atoms with Gasteiger partial charge in [0.15, 0.2) is 0 Å². The van der Waals surface area contributed by atoms with Crippen LogP contribution in [0.5, 0.6) is 0 Å². The van der Waals surface area contributed by atoms with Crippen LogP contribution in [0.2, 0.25) is 0 Å². The molecule has 1 aliphatic rings. The Morgan fingerprint density at radius 3 is 3.18 bits per heavy atom. The van der Waals surface area contributed by atoms with Gasteiger partial charge >= 0.3 is 0 Å². The first-order chi connectivity index (χ1) is 8.33. The third-order valence-corrected chi connectivity index (χ3v) is 3.22. The van der Waals surface area contributed by atoms with Gasteiger partial charge in [-0.25, -0.2) is 0 Å². The Bertz CT molecular complexity index is 340. The van der Waals surface area contributed by atoms with Gasteiger partial charge in [-0.05, 0) is 13.0 Å². The Morgan fingerprint density at radius 2 is 2.41 bits per heavy atom. The van der Waals surface area contributed by atoms with E-state index in [1.165, 1.54) is 0 Å². The van der Waals surface area contributed by atoms with E-state index >= 15 is 0 Å². The Morgan fingerprint density at radius 1 is 1.53 bits per heavy atom. The number of fused-ring (bicyclic) bond motifs is 1. The molecule has 0 aromatic carbocycles. The normalized spacial score (nSPS) is 18.0. The van der Waals surface area contributed by atoms with E-state index in [2.05, 4.69) is 31.9 Å². The van der Waals surface area contributed by atoms with E-state index in [0.717, 1.165) is 45.0 Å².